The Hall–Kier alpha value is -2.11. The molecule has 1 saturated heterocycles. The normalized spacial score (nSPS) is 19.1. The third-order valence-corrected chi connectivity index (χ3v) is 2.86. The number of ether oxygens (including phenoxy) is 1. The third kappa shape index (κ3) is 3.07. The molecule has 20 heavy (non-hydrogen) atoms. The van der Waals surface area contributed by atoms with Crippen molar-refractivity contribution in [3.8, 4) is 0 Å². The lowest BCUT2D eigenvalue weighted by Crippen LogP contribution is -2.47. The van der Waals surface area contributed by atoms with E-state index in [2.05, 4.69) is 4.98 Å². The molecule has 6 nitrogen and oxygen atoms in total. The van der Waals surface area contributed by atoms with Crippen molar-refractivity contribution in [3.05, 3.63) is 24.4 Å². The highest BCUT2D eigenvalue weighted by Crippen LogP contribution is 2.25. The van der Waals surface area contributed by atoms with E-state index < -0.39 is 17.7 Å². The molecule has 1 atom stereocenters. The highest BCUT2D eigenvalue weighted by atomic mass is 16.6. The van der Waals surface area contributed by atoms with Gasteiger partial charge in [-0.15, -0.1) is 0 Å². The molecule has 0 N–H and O–H groups in total. The van der Waals surface area contributed by atoms with Crippen molar-refractivity contribution in [2.24, 2.45) is 0 Å². The Morgan fingerprint density at radius 1 is 1.45 bits per heavy atom. The second-order valence-electron chi connectivity index (χ2n) is 5.63. The van der Waals surface area contributed by atoms with Gasteiger partial charge in [-0.2, -0.15) is 0 Å². The standard InChI is InChI=1S/C14H19N3O3/c1-14(2,3)20-13(19)16-9-7-11(10-18)17(16)12-6-4-5-8-15-12/h4-6,8,10-11H,7,9H2,1-3H3. The smallest absolute Gasteiger partial charge is 0.429 e. The SMILES string of the molecule is CC(C)(C)OC(=O)N1CCC(C=O)N1c1ccccn1. The minimum absolute atomic E-state index is 0.391. The molecule has 0 aliphatic carbocycles. The number of nitrogens with zero attached hydrogens (tertiary/aromatic N) is 3. The summed E-state index contributed by atoms with van der Waals surface area (Å²) in [4.78, 5) is 27.6. The molecule has 0 bridgehead atoms. The van der Waals surface area contributed by atoms with Gasteiger partial charge in [0, 0.05) is 12.7 Å². The fourth-order valence-corrected chi connectivity index (χ4v) is 2.07. The van der Waals surface area contributed by atoms with Crippen LogP contribution in [-0.4, -0.2) is 40.6 Å². The Balaban J connectivity index is 2.24. The van der Waals surface area contributed by atoms with E-state index in [4.69, 9.17) is 4.74 Å². The second kappa shape index (κ2) is 5.48. The lowest BCUT2D eigenvalue weighted by molar-refractivity contribution is -0.108. The van der Waals surface area contributed by atoms with Gasteiger partial charge in [0.15, 0.2) is 0 Å². The van der Waals surface area contributed by atoms with E-state index in [0.29, 0.717) is 18.8 Å². The molecule has 6 heteroatoms. The second-order valence-corrected chi connectivity index (χ2v) is 5.63. The van der Waals surface area contributed by atoms with Crippen molar-refractivity contribution in [3.63, 3.8) is 0 Å². The number of anilines is 1. The van der Waals surface area contributed by atoms with E-state index in [1.807, 2.05) is 26.8 Å². The summed E-state index contributed by atoms with van der Waals surface area (Å²) < 4.78 is 5.37. The number of hydrazine groups is 1. The number of carbonyl (C=O) groups is 2. The van der Waals surface area contributed by atoms with Crippen LogP contribution in [0, 0.1) is 0 Å². The molecule has 2 rings (SSSR count). The van der Waals surface area contributed by atoms with Crippen LogP contribution >= 0.6 is 0 Å². The first-order valence-corrected chi connectivity index (χ1v) is 6.58. The summed E-state index contributed by atoms with van der Waals surface area (Å²) in [6.07, 6.45) is 2.56. The predicted molar refractivity (Wildman–Crippen MR) is 74.1 cm³/mol. The lowest BCUT2D eigenvalue weighted by Gasteiger charge is -2.32. The molecule has 0 spiro atoms. The minimum Gasteiger partial charge on any atom is -0.442 e. The average molecular weight is 277 g/mol. The zero-order valence-electron chi connectivity index (χ0n) is 11.9. The van der Waals surface area contributed by atoms with E-state index in [0.717, 1.165) is 6.29 Å². The maximum absolute atomic E-state index is 12.2. The topological polar surface area (TPSA) is 62.7 Å². The van der Waals surface area contributed by atoms with Crippen LogP contribution < -0.4 is 5.01 Å². The van der Waals surface area contributed by atoms with E-state index in [1.165, 1.54) is 5.01 Å². The van der Waals surface area contributed by atoms with Gasteiger partial charge in [0.1, 0.15) is 23.7 Å². The van der Waals surface area contributed by atoms with Crippen LogP contribution in [0.1, 0.15) is 27.2 Å². The van der Waals surface area contributed by atoms with Gasteiger partial charge in [-0.1, -0.05) is 6.07 Å². The third-order valence-electron chi connectivity index (χ3n) is 2.86. The molecule has 1 fully saturated rings. The van der Waals surface area contributed by atoms with Crippen LogP contribution in [0.15, 0.2) is 24.4 Å². The molecule has 1 aromatic rings. The van der Waals surface area contributed by atoms with Crippen molar-refractivity contribution in [2.45, 2.75) is 38.8 Å². The quantitative estimate of drug-likeness (QED) is 0.774. The van der Waals surface area contributed by atoms with Gasteiger partial charge in [0.05, 0.1) is 0 Å². The number of rotatable bonds is 2. The summed E-state index contributed by atoms with van der Waals surface area (Å²) in [6.45, 7) is 5.87. The van der Waals surface area contributed by atoms with Crippen LogP contribution in [0.5, 0.6) is 0 Å². The highest BCUT2D eigenvalue weighted by molar-refractivity contribution is 5.75. The van der Waals surface area contributed by atoms with Gasteiger partial charge in [0.25, 0.3) is 0 Å². The van der Waals surface area contributed by atoms with Crippen LogP contribution in [-0.2, 0) is 9.53 Å². The number of aldehydes is 1. The molecule has 108 valence electrons. The number of pyridine rings is 1. The number of hydrogen-bond donors (Lipinski definition) is 0. The summed E-state index contributed by atoms with van der Waals surface area (Å²) in [6, 6.07) is 4.97. The number of carbonyl (C=O) groups excluding carboxylic acids is 2. The average Bonchev–Trinajstić information content (AvgIpc) is 2.81. The Morgan fingerprint density at radius 3 is 2.75 bits per heavy atom. The van der Waals surface area contributed by atoms with Crippen molar-refractivity contribution in [1.29, 1.82) is 0 Å². The summed E-state index contributed by atoms with van der Waals surface area (Å²) in [5.74, 6) is 0.563. The molecule has 1 amide bonds. The first-order valence-electron chi connectivity index (χ1n) is 6.58. The molecule has 0 radical (unpaired) electrons. The van der Waals surface area contributed by atoms with Gasteiger partial charge in [-0.05, 0) is 39.3 Å². The van der Waals surface area contributed by atoms with Crippen molar-refractivity contribution in [2.75, 3.05) is 11.6 Å². The molecular weight excluding hydrogens is 258 g/mol. The largest absolute Gasteiger partial charge is 0.442 e. The molecule has 1 unspecified atom stereocenters. The first-order chi connectivity index (χ1) is 9.42. The number of hydrogen-bond acceptors (Lipinski definition) is 5. The highest BCUT2D eigenvalue weighted by Gasteiger charge is 2.37. The van der Waals surface area contributed by atoms with Crippen LogP contribution in [0.2, 0.25) is 0 Å². The summed E-state index contributed by atoms with van der Waals surface area (Å²) in [5, 5.41) is 3.04. The number of amides is 1. The molecule has 0 aromatic carbocycles. The maximum atomic E-state index is 12.2. The molecule has 1 aromatic heterocycles. The summed E-state index contributed by atoms with van der Waals surface area (Å²) in [7, 11) is 0. The zero-order valence-corrected chi connectivity index (χ0v) is 11.9. The van der Waals surface area contributed by atoms with E-state index in [1.54, 1.807) is 23.3 Å². The Morgan fingerprint density at radius 2 is 2.20 bits per heavy atom. The van der Waals surface area contributed by atoms with Crippen LogP contribution in [0.3, 0.4) is 0 Å². The first kappa shape index (κ1) is 14.3. The molecular formula is C14H19N3O3. The fraction of sp³-hybridized carbons (Fsp3) is 0.500. The number of aromatic nitrogens is 1. The summed E-state index contributed by atoms with van der Waals surface area (Å²) in [5.41, 5.74) is -0.577. The van der Waals surface area contributed by atoms with Crippen LogP contribution in [0.4, 0.5) is 10.6 Å². The van der Waals surface area contributed by atoms with Crippen molar-refractivity contribution >= 4 is 18.2 Å². The van der Waals surface area contributed by atoms with Crippen molar-refractivity contribution < 1.29 is 14.3 Å². The summed E-state index contributed by atoms with van der Waals surface area (Å²) >= 11 is 0. The molecule has 2 heterocycles. The van der Waals surface area contributed by atoms with Gasteiger partial charge < -0.3 is 9.53 Å². The molecule has 1 aliphatic rings. The monoisotopic (exact) mass is 277 g/mol. The fourth-order valence-electron chi connectivity index (χ4n) is 2.07. The lowest BCUT2D eigenvalue weighted by atomic mass is 10.2. The van der Waals surface area contributed by atoms with E-state index in [-0.39, 0.29) is 0 Å². The Kier molecular flexibility index (Phi) is 3.92. The maximum Gasteiger partial charge on any atom is 0.429 e. The minimum atomic E-state index is -0.577. The Labute approximate surface area is 118 Å². The van der Waals surface area contributed by atoms with E-state index >= 15 is 0 Å². The predicted octanol–water partition coefficient (Wildman–Crippen LogP) is 2.01. The molecule has 0 saturated carbocycles. The van der Waals surface area contributed by atoms with E-state index in [9.17, 15) is 9.59 Å². The van der Waals surface area contributed by atoms with Crippen molar-refractivity contribution in [1.82, 2.24) is 9.99 Å². The van der Waals surface area contributed by atoms with Crippen LogP contribution in [0.25, 0.3) is 0 Å². The van der Waals surface area contributed by atoms with Gasteiger partial charge in [0.2, 0.25) is 0 Å². The zero-order chi connectivity index (χ0) is 14.8. The van der Waals surface area contributed by atoms with Gasteiger partial charge >= 0.3 is 6.09 Å². The van der Waals surface area contributed by atoms with Gasteiger partial charge in [-0.25, -0.2) is 14.8 Å². The molecule has 1 aliphatic heterocycles. The Bertz CT molecular complexity index is 484. The van der Waals surface area contributed by atoms with Gasteiger partial charge in [-0.3, -0.25) is 5.01 Å².